The fourth-order valence-corrected chi connectivity index (χ4v) is 3.31. The number of amides is 3. The molecule has 1 N–H and O–H groups in total. The first-order valence-corrected chi connectivity index (χ1v) is 9.61. The molecule has 0 unspecified atom stereocenters. The van der Waals surface area contributed by atoms with Crippen molar-refractivity contribution in [3.8, 4) is 5.69 Å². The van der Waals surface area contributed by atoms with Gasteiger partial charge in [-0.05, 0) is 48.0 Å². The van der Waals surface area contributed by atoms with Crippen LogP contribution in [0.15, 0.2) is 48.5 Å². The smallest absolute Gasteiger partial charge is 0.261 e. The van der Waals surface area contributed by atoms with E-state index in [1.807, 2.05) is 31.2 Å². The minimum Gasteiger partial charge on any atom is -0.349 e. The Balaban J connectivity index is 1.28. The molecule has 3 aromatic rings. The number of hydrogen-bond donors (Lipinski definition) is 1. The topological polar surface area (TPSA) is 110 Å². The summed E-state index contributed by atoms with van der Waals surface area (Å²) in [6.07, 6.45) is 0.555. The SMILES string of the molecule is Cc1ccc(-n2nnnc2CNC(=O)CCCN2C(=O)c3ccccc3C2=O)cc1. The molecule has 1 aromatic heterocycles. The largest absolute Gasteiger partial charge is 0.349 e. The zero-order valence-electron chi connectivity index (χ0n) is 16.4. The number of nitrogens with zero attached hydrogens (tertiary/aromatic N) is 5. The van der Waals surface area contributed by atoms with Crippen LogP contribution in [0.3, 0.4) is 0 Å². The van der Waals surface area contributed by atoms with Gasteiger partial charge in [0.1, 0.15) is 0 Å². The Bertz CT molecular complexity index is 1070. The molecule has 0 aliphatic carbocycles. The molecule has 2 aromatic carbocycles. The summed E-state index contributed by atoms with van der Waals surface area (Å²) in [5.74, 6) is -0.320. The lowest BCUT2D eigenvalue weighted by atomic mass is 10.1. The Kier molecular flexibility index (Phi) is 5.34. The van der Waals surface area contributed by atoms with Crippen LogP contribution < -0.4 is 5.32 Å². The number of carbonyl (C=O) groups excluding carboxylic acids is 3. The van der Waals surface area contributed by atoms with Crippen LogP contribution in [0.1, 0.15) is 44.9 Å². The quantitative estimate of drug-likeness (QED) is 0.600. The van der Waals surface area contributed by atoms with Gasteiger partial charge in [0.05, 0.1) is 23.4 Å². The summed E-state index contributed by atoms with van der Waals surface area (Å²) >= 11 is 0. The molecule has 0 atom stereocenters. The number of tetrazole rings is 1. The first kappa shape index (κ1) is 19.4. The average molecular weight is 404 g/mol. The van der Waals surface area contributed by atoms with E-state index in [0.29, 0.717) is 23.4 Å². The summed E-state index contributed by atoms with van der Waals surface area (Å²) in [6.45, 7) is 2.36. The van der Waals surface area contributed by atoms with E-state index in [1.54, 1.807) is 28.9 Å². The van der Waals surface area contributed by atoms with Crippen LogP contribution in [0, 0.1) is 6.92 Å². The van der Waals surface area contributed by atoms with Crippen LogP contribution in [0.2, 0.25) is 0 Å². The highest BCUT2D eigenvalue weighted by Gasteiger charge is 2.34. The normalized spacial score (nSPS) is 12.9. The molecule has 9 nitrogen and oxygen atoms in total. The lowest BCUT2D eigenvalue weighted by Crippen LogP contribution is -2.32. The summed E-state index contributed by atoms with van der Waals surface area (Å²) in [7, 11) is 0. The van der Waals surface area contributed by atoms with Gasteiger partial charge in [0, 0.05) is 13.0 Å². The van der Waals surface area contributed by atoms with Gasteiger partial charge < -0.3 is 5.32 Å². The molecule has 9 heteroatoms. The van der Waals surface area contributed by atoms with Crippen LogP contribution in [0.4, 0.5) is 0 Å². The number of nitrogens with one attached hydrogen (secondary N) is 1. The van der Waals surface area contributed by atoms with Gasteiger partial charge in [-0.25, -0.2) is 0 Å². The summed E-state index contributed by atoms with van der Waals surface area (Å²) in [5, 5.41) is 14.4. The highest BCUT2D eigenvalue weighted by atomic mass is 16.2. The Labute approximate surface area is 172 Å². The standard InChI is InChI=1S/C21H20N6O3/c1-14-8-10-15(11-9-14)27-18(23-24-25-27)13-22-19(28)7-4-12-26-20(29)16-5-2-3-6-17(16)21(26)30/h2-3,5-6,8-11H,4,7,12-13H2,1H3,(H,22,28). The Morgan fingerprint density at radius 2 is 1.67 bits per heavy atom. The summed E-state index contributed by atoms with van der Waals surface area (Å²) in [5.41, 5.74) is 2.75. The van der Waals surface area contributed by atoms with Gasteiger partial charge >= 0.3 is 0 Å². The van der Waals surface area contributed by atoms with Crippen LogP contribution in [-0.4, -0.2) is 49.4 Å². The van der Waals surface area contributed by atoms with Gasteiger partial charge in [0.15, 0.2) is 5.82 Å². The molecule has 0 bridgehead atoms. The molecule has 2 heterocycles. The second kappa shape index (κ2) is 8.24. The second-order valence-corrected chi connectivity index (χ2v) is 7.03. The molecule has 0 saturated heterocycles. The van der Waals surface area contributed by atoms with Crippen LogP contribution >= 0.6 is 0 Å². The van der Waals surface area contributed by atoms with Gasteiger partial charge in [0.25, 0.3) is 11.8 Å². The summed E-state index contributed by atoms with van der Waals surface area (Å²) in [6, 6.07) is 14.5. The number of aromatic nitrogens is 4. The van der Waals surface area contributed by atoms with Crippen molar-refractivity contribution in [3.05, 3.63) is 71.0 Å². The van der Waals surface area contributed by atoms with E-state index in [4.69, 9.17) is 0 Å². The van der Waals surface area contributed by atoms with Crippen molar-refractivity contribution >= 4 is 17.7 Å². The van der Waals surface area contributed by atoms with E-state index in [0.717, 1.165) is 11.3 Å². The second-order valence-electron chi connectivity index (χ2n) is 7.03. The van der Waals surface area contributed by atoms with E-state index in [1.165, 1.54) is 4.90 Å². The fourth-order valence-electron chi connectivity index (χ4n) is 3.31. The Morgan fingerprint density at radius 1 is 1.00 bits per heavy atom. The first-order valence-electron chi connectivity index (χ1n) is 9.61. The Morgan fingerprint density at radius 3 is 2.33 bits per heavy atom. The third kappa shape index (κ3) is 3.82. The van der Waals surface area contributed by atoms with Gasteiger partial charge in [-0.2, -0.15) is 4.68 Å². The first-order chi connectivity index (χ1) is 14.5. The van der Waals surface area contributed by atoms with E-state index in [2.05, 4.69) is 20.8 Å². The minimum absolute atomic E-state index is 0.173. The number of imide groups is 1. The lowest BCUT2D eigenvalue weighted by molar-refractivity contribution is -0.121. The molecule has 4 rings (SSSR count). The molecule has 30 heavy (non-hydrogen) atoms. The van der Waals surface area contributed by atoms with Gasteiger partial charge in [-0.15, -0.1) is 5.10 Å². The molecule has 1 aliphatic heterocycles. The molecule has 0 spiro atoms. The number of benzene rings is 2. The lowest BCUT2D eigenvalue weighted by Gasteiger charge is -2.13. The molecular weight excluding hydrogens is 384 g/mol. The van der Waals surface area contributed by atoms with Crippen LogP contribution in [-0.2, 0) is 11.3 Å². The molecule has 0 saturated carbocycles. The zero-order valence-corrected chi connectivity index (χ0v) is 16.4. The van der Waals surface area contributed by atoms with E-state index in [9.17, 15) is 14.4 Å². The monoisotopic (exact) mass is 404 g/mol. The van der Waals surface area contributed by atoms with Gasteiger partial charge in [-0.3, -0.25) is 19.3 Å². The van der Waals surface area contributed by atoms with Crippen molar-refractivity contribution < 1.29 is 14.4 Å². The van der Waals surface area contributed by atoms with Crippen molar-refractivity contribution in [2.45, 2.75) is 26.3 Å². The van der Waals surface area contributed by atoms with Crippen molar-refractivity contribution in [1.82, 2.24) is 30.4 Å². The molecule has 0 radical (unpaired) electrons. The number of carbonyl (C=O) groups is 3. The fraction of sp³-hybridized carbons (Fsp3) is 0.238. The van der Waals surface area contributed by atoms with E-state index >= 15 is 0 Å². The van der Waals surface area contributed by atoms with Crippen molar-refractivity contribution in [2.75, 3.05) is 6.54 Å². The summed E-state index contributed by atoms with van der Waals surface area (Å²) < 4.78 is 1.57. The maximum Gasteiger partial charge on any atom is 0.261 e. The zero-order chi connectivity index (χ0) is 21.1. The Hall–Kier alpha value is -3.88. The average Bonchev–Trinajstić information content (AvgIpc) is 3.32. The van der Waals surface area contributed by atoms with Crippen molar-refractivity contribution in [2.24, 2.45) is 0 Å². The predicted molar refractivity (Wildman–Crippen MR) is 107 cm³/mol. The maximum absolute atomic E-state index is 12.3. The van der Waals surface area contributed by atoms with Gasteiger partial charge in [-0.1, -0.05) is 29.8 Å². The number of aryl methyl sites for hydroxylation is 1. The highest BCUT2D eigenvalue weighted by Crippen LogP contribution is 2.22. The molecule has 0 fully saturated rings. The number of fused-ring (bicyclic) bond motifs is 1. The predicted octanol–water partition coefficient (Wildman–Crippen LogP) is 1.66. The van der Waals surface area contributed by atoms with Crippen LogP contribution in [0.5, 0.6) is 0 Å². The number of hydrogen-bond acceptors (Lipinski definition) is 6. The number of rotatable bonds is 7. The van der Waals surface area contributed by atoms with E-state index in [-0.39, 0.29) is 37.2 Å². The summed E-state index contributed by atoms with van der Waals surface area (Å²) in [4.78, 5) is 38.1. The van der Waals surface area contributed by atoms with Gasteiger partial charge in [0.2, 0.25) is 5.91 Å². The van der Waals surface area contributed by atoms with E-state index < -0.39 is 0 Å². The molecule has 3 amide bonds. The van der Waals surface area contributed by atoms with Crippen molar-refractivity contribution in [3.63, 3.8) is 0 Å². The molecule has 152 valence electrons. The third-order valence-electron chi connectivity index (χ3n) is 4.92. The van der Waals surface area contributed by atoms with Crippen molar-refractivity contribution in [1.29, 1.82) is 0 Å². The minimum atomic E-state index is -0.312. The maximum atomic E-state index is 12.3. The highest BCUT2D eigenvalue weighted by molar-refractivity contribution is 6.21. The third-order valence-corrected chi connectivity index (χ3v) is 4.92. The van der Waals surface area contributed by atoms with Crippen LogP contribution in [0.25, 0.3) is 5.69 Å². The molecular formula is C21H20N6O3. The molecule has 1 aliphatic rings.